The summed E-state index contributed by atoms with van der Waals surface area (Å²) in [6.45, 7) is 0.608. The molecule has 1 saturated carbocycles. The normalized spacial score (nSPS) is 19.3. The molecule has 1 fully saturated rings. The van der Waals surface area contributed by atoms with E-state index in [0.717, 1.165) is 5.75 Å². The highest BCUT2D eigenvalue weighted by Gasteiger charge is 2.20. The van der Waals surface area contributed by atoms with Crippen LogP contribution in [0.1, 0.15) is 32.1 Å². The Balaban J connectivity index is 1.76. The average Bonchev–Trinajstić information content (AvgIpc) is 2.38. The summed E-state index contributed by atoms with van der Waals surface area (Å²) >= 11 is 0. The van der Waals surface area contributed by atoms with Gasteiger partial charge in [-0.05, 0) is 30.9 Å². The van der Waals surface area contributed by atoms with Crippen LogP contribution in [0.2, 0.25) is 0 Å². The highest BCUT2D eigenvalue weighted by atomic mass is 16.5. The van der Waals surface area contributed by atoms with Gasteiger partial charge in [0.05, 0.1) is 6.20 Å². The summed E-state index contributed by atoms with van der Waals surface area (Å²) in [6.07, 6.45) is 10.0. The fourth-order valence-corrected chi connectivity index (χ4v) is 2.32. The fourth-order valence-electron chi connectivity index (χ4n) is 2.32. The number of hydrogen-bond acceptors (Lipinski definition) is 3. The maximum Gasteiger partial charge on any atom is 0.137 e. The first-order valence-corrected chi connectivity index (χ1v) is 6.14. The topological polar surface area (TPSA) is 48.1 Å². The molecule has 0 aliphatic heterocycles. The van der Waals surface area contributed by atoms with Crippen molar-refractivity contribution in [1.29, 1.82) is 0 Å². The van der Waals surface area contributed by atoms with Gasteiger partial charge in [-0.2, -0.15) is 0 Å². The monoisotopic (exact) mass is 220 g/mol. The van der Waals surface area contributed by atoms with Crippen molar-refractivity contribution in [2.24, 2.45) is 11.7 Å². The summed E-state index contributed by atoms with van der Waals surface area (Å²) < 4.78 is 5.63. The Labute approximate surface area is 97.0 Å². The lowest BCUT2D eigenvalue weighted by Crippen LogP contribution is -2.37. The molecule has 1 aromatic rings. The number of nitrogens with two attached hydrogens (primary N) is 1. The van der Waals surface area contributed by atoms with Gasteiger partial charge in [0.25, 0.3) is 0 Å². The minimum atomic E-state index is 0.167. The van der Waals surface area contributed by atoms with E-state index in [2.05, 4.69) is 4.98 Å². The Hall–Kier alpha value is -1.09. The Kier molecular flexibility index (Phi) is 4.17. The lowest BCUT2D eigenvalue weighted by Gasteiger charge is -2.27. The van der Waals surface area contributed by atoms with E-state index < -0.39 is 0 Å². The van der Waals surface area contributed by atoms with Gasteiger partial charge in [-0.1, -0.05) is 19.3 Å². The number of hydrogen-bond donors (Lipinski definition) is 1. The molecular weight excluding hydrogens is 200 g/mol. The van der Waals surface area contributed by atoms with Gasteiger partial charge in [-0.25, -0.2) is 0 Å². The summed E-state index contributed by atoms with van der Waals surface area (Å²) in [4.78, 5) is 4.01. The lowest BCUT2D eigenvalue weighted by atomic mass is 9.84. The van der Waals surface area contributed by atoms with Crippen molar-refractivity contribution in [2.75, 3.05) is 6.61 Å². The molecule has 88 valence electrons. The number of ether oxygens (including phenoxy) is 1. The van der Waals surface area contributed by atoms with E-state index in [4.69, 9.17) is 10.5 Å². The first-order valence-electron chi connectivity index (χ1n) is 6.14. The molecule has 0 bridgehead atoms. The highest BCUT2D eigenvalue weighted by Crippen LogP contribution is 2.25. The molecule has 0 spiro atoms. The van der Waals surface area contributed by atoms with Crippen LogP contribution < -0.4 is 10.5 Å². The third-order valence-electron chi connectivity index (χ3n) is 3.33. The van der Waals surface area contributed by atoms with Crippen molar-refractivity contribution < 1.29 is 4.74 Å². The van der Waals surface area contributed by atoms with Crippen LogP contribution in [-0.2, 0) is 0 Å². The molecule has 3 nitrogen and oxygen atoms in total. The summed E-state index contributed by atoms with van der Waals surface area (Å²) in [5.74, 6) is 1.46. The Morgan fingerprint density at radius 2 is 2.19 bits per heavy atom. The molecule has 3 heteroatoms. The van der Waals surface area contributed by atoms with Crippen LogP contribution >= 0.6 is 0 Å². The van der Waals surface area contributed by atoms with Gasteiger partial charge in [0.15, 0.2) is 0 Å². The molecule has 0 amide bonds. The number of nitrogens with zero attached hydrogens (tertiary/aromatic N) is 1. The molecule has 1 atom stereocenters. The van der Waals surface area contributed by atoms with E-state index in [0.29, 0.717) is 12.5 Å². The Morgan fingerprint density at radius 1 is 1.38 bits per heavy atom. The molecule has 16 heavy (non-hydrogen) atoms. The van der Waals surface area contributed by atoms with E-state index in [1.807, 2.05) is 12.1 Å². The van der Waals surface area contributed by atoms with Crippen molar-refractivity contribution in [3.63, 3.8) is 0 Å². The summed E-state index contributed by atoms with van der Waals surface area (Å²) in [5, 5.41) is 0. The van der Waals surface area contributed by atoms with Crippen molar-refractivity contribution in [3.05, 3.63) is 24.5 Å². The molecule has 0 saturated heterocycles. The lowest BCUT2D eigenvalue weighted by molar-refractivity contribution is 0.213. The number of aromatic nitrogens is 1. The van der Waals surface area contributed by atoms with Crippen LogP contribution in [0.15, 0.2) is 24.5 Å². The van der Waals surface area contributed by atoms with Crippen LogP contribution in [0.5, 0.6) is 5.75 Å². The smallest absolute Gasteiger partial charge is 0.137 e. The molecular formula is C13H20N2O. The van der Waals surface area contributed by atoms with E-state index >= 15 is 0 Å². The van der Waals surface area contributed by atoms with E-state index in [-0.39, 0.29) is 6.04 Å². The van der Waals surface area contributed by atoms with E-state index in [1.165, 1.54) is 32.1 Å². The summed E-state index contributed by atoms with van der Waals surface area (Å²) in [6, 6.07) is 3.96. The predicted molar refractivity (Wildman–Crippen MR) is 64.3 cm³/mol. The van der Waals surface area contributed by atoms with E-state index in [1.54, 1.807) is 12.4 Å². The average molecular weight is 220 g/mol. The minimum Gasteiger partial charge on any atom is -0.490 e. The molecule has 1 aromatic heterocycles. The zero-order chi connectivity index (χ0) is 11.2. The second-order valence-corrected chi connectivity index (χ2v) is 4.56. The van der Waals surface area contributed by atoms with E-state index in [9.17, 15) is 0 Å². The van der Waals surface area contributed by atoms with Gasteiger partial charge in [0, 0.05) is 12.2 Å². The summed E-state index contributed by atoms with van der Waals surface area (Å²) in [7, 11) is 0. The van der Waals surface area contributed by atoms with Crippen molar-refractivity contribution in [2.45, 2.75) is 38.1 Å². The maximum absolute atomic E-state index is 6.15. The number of rotatable bonds is 4. The Morgan fingerprint density at radius 3 is 2.88 bits per heavy atom. The number of pyridine rings is 1. The van der Waals surface area contributed by atoms with Crippen LogP contribution in [0.3, 0.4) is 0 Å². The molecule has 1 unspecified atom stereocenters. The van der Waals surface area contributed by atoms with Crippen LogP contribution in [0.4, 0.5) is 0 Å². The van der Waals surface area contributed by atoms with Gasteiger partial charge in [0.1, 0.15) is 12.4 Å². The Bertz CT molecular complexity index is 296. The third-order valence-corrected chi connectivity index (χ3v) is 3.33. The molecule has 1 aliphatic carbocycles. The standard InChI is InChI=1S/C13H20N2O/c14-13(11-5-2-1-3-6-11)10-16-12-7-4-8-15-9-12/h4,7-9,11,13H,1-3,5-6,10,14H2. The maximum atomic E-state index is 6.15. The van der Waals surface area contributed by atoms with Gasteiger partial charge in [-0.15, -0.1) is 0 Å². The SMILES string of the molecule is NC(COc1cccnc1)C1CCCCC1. The van der Waals surface area contributed by atoms with Gasteiger partial charge >= 0.3 is 0 Å². The first kappa shape index (κ1) is 11.4. The molecule has 0 radical (unpaired) electrons. The van der Waals surface area contributed by atoms with Crippen molar-refractivity contribution >= 4 is 0 Å². The molecule has 1 aliphatic rings. The van der Waals surface area contributed by atoms with Crippen LogP contribution in [-0.4, -0.2) is 17.6 Å². The molecule has 2 rings (SSSR count). The van der Waals surface area contributed by atoms with Crippen molar-refractivity contribution in [1.82, 2.24) is 4.98 Å². The zero-order valence-corrected chi connectivity index (χ0v) is 9.64. The highest BCUT2D eigenvalue weighted by molar-refractivity contribution is 5.15. The first-order chi connectivity index (χ1) is 7.86. The van der Waals surface area contributed by atoms with Crippen LogP contribution in [0.25, 0.3) is 0 Å². The van der Waals surface area contributed by atoms with Gasteiger partial charge in [0.2, 0.25) is 0 Å². The summed E-state index contributed by atoms with van der Waals surface area (Å²) in [5.41, 5.74) is 6.15. The second kappa shape index (κ2) is 5.85. The quantitative estimate of drug-likeness (QED) is 0.847. The van der Waals surface area contributed by atoms with Crippen molar-refractivity contribution in [3.8, 4) is 5.75 Å². The minimum absolute atomic E-state index is 0.167. The third kappa shape index (κ3) is 3.20. The van der Waals surface area contributed by atoms with Gasteiger partial charge in [-0.3, -0.25) is 4.98 Å². The second-order valence-electron chi connectivity index (χ2n) is 4.56. The largest absolute Gasteiger partial charge is 0.490 e. The van der Waals surface area contributed by atoms with Gasteiger partial charge < -0.3 is 10.5 Å². The predicted octanol–water partition coefficient (Wildman–Crippen LogP) is 2.37. The zero-order valence-electron chi connectivity index (χ0n) is 9.64. The fraction of sp³-hybridized carbons (Fsp3) is 0.615. The molecule has 0 aromatic carbocycles. The van der Waals surface area contributed by atoms with Crippen LogP contribution in [0, 0.1) is 5.92 Å². The molecule has 1 heterocycles. The molecule has 2 N–H and O–H groups in total.